The molecular formula is C15H22FNO. The molecule has 1 aliphatic rings. The molecule has 1 N–H and O–H groups in total. The average Bonchev–Trinajstić information content (AvgIpc) is 2.38. The number of hydrogen-bond donors (Lipinski definition) is 1. The highest BCUT2D eigenvalue weighted by atomic mass is 19.1. The summed E-state index contributed by atoms with van der Waals surface area (Å²) in [6, 6.07) is 3.72. The Morgan fingerprint density at radius 3 is 2.72 bits per heavy atom. The van der Waals surface area contributed by atoms with E-state index in [0.717, 1.165) is 37.1 Å². The van der Waals surface area contributed by atoms with E-state index in [-0.39, 0.29) is 5.82 Å². The van der Waals surface area contributed by atoms with Crippen molar-refractivity contribution in [3.8, 4) is 5.75 Å². The second-order valence-electron chi connectivity index (χ2n) is 5.32. The van der Waals surface area contributed by atoms with Gasteiger partial charge in [0, 0.05) is 18.0 Å². The molecule has 2 nitrogen and oxygen atoms in total. The van der Waals surface area contributed by atoms with Crippen LogP contribution in [0.25, 0.3) is 0 Å². The quantitative estimate of drug-likeness (QED) is 0.888. The van der Waals surface area contributed by atoms with E-state index < -0.39 is 0 Å². The second kappa shape index (κ2) is 5.70. The van der Waals surface area contributed by atoms with Gasteiger partial charge in [-0.1, -0.05) is 19.9 Å². The lowest BCUT2D eigenvalue weighted by atomic mass is 9.88. The first-order chi connectivity index (χ1) is 8.63. The van der Waals surface area contributed by atoms with Gasteiger partial charge in [0.15, 0.2) is 11.6 Å². The minimum Gasteiger partial charge on any atom is -0.493 e. The van der Waals surface area contributed by atoms with Crippen LogP contribution in [0.4, 0.5) is 4.39 Å². The lowest BCUT2D eigenvalue weighted by Gasteiger charge is -2.26. The van der Waals surface area contributed by atoms with Crippen LogP contribution in [-0.4, -0.2) is 20.2 Å². The molecule has 0 amide bonds. The SMILES string of the molecule is COc1c(F)cc(C(C)C)cc1C1CCCNC1. The number of benzene rings is 1. The highest BCUT2D eigenvalue weighted by Gasteiger charge is 2.22. The molecule has 1 atom stereocenters. The predicted molar refractivity (Wildman–Crippen MR) is 71.9 cm³/mol. The van der Waals surface area contributed by atoms with E-state index in [4.69, 9.17) is 4.74 Å². The van der Waals surface area contributed by atoms with Gasteiger partial charge in [-0.2, -0.15) is 0 Å². The number of piperidine rings is 1. The summed E-state index contributed by atoms with van der Waals surface area (Å²) in [6.45, 7) is 6.15. The number of ether oxygens (including phenoxy) is 1. The molecule has 2 rings (SSSR count). The van der Waals surface area contributed by atoms with Gasteiger partial charge in [-0.05, 0) is 36.9 Å². The summed E-state index contributed by atoms with van der Waals surface area (Å²) in [5, 5.41) is 3.37. The molecule has 0 spiro atoms. The largest absolute Gasteiger partial charge is 0.493 e. The zero-order valence-electron chi connectivity index (χ0n) is 11.4. The van der Waals surface area contributed by atoms with Gasteiger partial charge in [0.25, 0.3) is 0 Å². The summed E-state index contributed by atoms with van der Waals surface area (Å²) < 4.78 is 19.3. The number of hydrogen-bond acceptors (Lipinski definition) is 2. The van der Waals surface area contributed by atoms with Gasteiger partial charge in [0.05, 0.1) is 7.11 Å². The highest BCUT2D eigenvalue weighted by Crippen LogP contribution is 2.35. The fourth-order valence-corrected chi connectivity index (χ4v) is 2.61. The lowest BCUT2D eigenvalue weighted by molar-refractivity contribution is 0.367. The minimum atomic E-state index is -0.232. The van der Waals surface area contributed by atoms with Gasteiger partial charge in [-0.3, -0.25) is 0 Å². The van der Waals surface area contributed by atoms with Crippen LogP contribution in [0.5, 0.6) is 5.75 Å². The minimum absolute atomic E-state index is 0.232. The molecule has 0 bridgehead atoms. The van der Waals surface area contributed by atoms with Crippen molar-refractivity contribution < 1.29 is 9.13 Å². The van der Waals surface area contributed by atoms with Gasteiger partial charge >= 0.3 is 0 Å². The van der Waals surface area contributed by atoms with Gasteiger partial charge in [0.1, 0.15) is 0 Å². The average molecular weight is 251 g/mol. The maximum absolute atomic E-state index is 14.1. The van der Waals surface area contributed by atoms with Crippen LogP contribution in [-0.2, 0) is 0 Å². The molecule has 0 saturated carbocycles. The Bertz CT molecular complexity index is 411. The smallest absolute Gasteiger partial charge is 0.165 e. The lowest BCUT2D eigenvalue weighted by Crippen LogP contribution is -2.28. The fraction of sp³-hybridized carbons (Fsp3) is 0.600. The van der Waals surface area contributed by atoms with Crippen molar-refractivity contribution in [2.45, 2.75) is 38.5 Å². The predicted octanol–water partition coefficient (Wildman–Crippen LogP) is 3.42. The van der Waals surface area contributed by atoms with Crippen LogP contribution < -0.4 is 10.1 Å². The zero-order valence-corrected chi connectivity index (χ0v) is 11.4. The molecular weight excluding hydrogens is 229 g/mol. The van der Waals surface area contributed by atoms with Crippen molar-refractivity contribution in [1.29, 1.82) is 0 Å². The van der Waals surface area contributed by atoms with E-state index in [1.165, 1.54) is 0 Å². The Balaban J connectivity index is 2.41. The van der Waals surface area contributed by atoms with Crippen LogP contribution in [0.15, 0.2) is 12.1 Å². The van der Waals surface area contributed by atoms with Crippen LogP contribution in [0.1, 0.15) is 49.7 Å². The highest BCUT2D eigenvalue weighted by molar-refractivity contribution is 5.42. The van der Waals surface area contributed by atoms with Crippen LogP contribution in [0.2, 0.25) is 0 Å². The third kappa shape index (κ3) is 2.66. The van der Waals surface area contributed by atoms with E-state index in [1.807, 2.05) is 0 Å². The van der Waals surface area contributed by atoms with Gasteiger partial charge in [-0.15, -0.1) is 0 Å². The van der Waals surface area contributed by atoms with Crippen molar-refractivity contribution in [2.75, 3.05) is 20.2 Å². The molecule has 1 unspecified atom stereocenters. The third-order valence-electron chi connectivity index (χ3n) is 3.70. The summed E-state index contributed by atoms with van der Waals surface area (Å²) in [4.78, 5) is 0. The monoisotopic (exact) mass is 251 g/mol. The number of methoxy groups -OCH3 is 1. The topological polar surface area (TPSA) is 21.3 Å². The van der Waals surface area contributed by atoms with Crippen molar-refractivity contribution in [3.05, 3.63) is 29.1 Å². The van der Waals surface area contributed by atoms with E-state index in [9.17, 15) is 4.39 Å². The summed E-state index contributed by atoms with van der Waals surface area (Å²) in [5.41, 5.74) is 2.07. The number of halogens is 1. The molecule has 1 fully saturated rings. The van der Waals surface area contributed by atoms with E-state index in [2.05, 4.69) is 25.2 Å². The zero-order chi connectivity index (χ0) is 13.1. The Hall–Kier alpha value is -1.09. The van der Waals surface area contributed by atoms with E-state index in [1.54, 1.807) is 13.2 Å². The maximum Gasteiger partial charge on any atom is 0.165 e. The normalized spacial score (nSPS) is 20.2. The van der Waals surface area contributed by atoms with E-state index in [0.29, 0.717) is 17.6 Å². The summed E-state index contributed by atoms with van der Waals surface area (Å²) in [7, 11) is 1.55. The van der Waals surface area contributed by atoms with Crippen molar-refractivity contribution in [2.24, 2.45) is 0 Å². The summed E-state index contributed by atoms with van der Waals surface area (Å²) in [5.74, 6) is 0.889. The number of nitrogens with one attached hydrogen (secondary N) is 1. The van der Waals surface area contributed by atoms with Crippen LogP contribution in [0, 0.1) is 5.82 Å². The fourth-order valence-electron chi connectivity index (χ4n) is 2.61. The Morgan fingerprint density at radius 2 is 2.17 bits per heavy atom. The molecule has 1 aromatic carbocycles. The first kappa shape index (κ1) is 13.3. The van der Waals surface area contributed by atoms with Crippen molar-refractivity contribution in [3.63, 3.8) is 0 Å². The molecule has 0 radical (unpaired) electrons. The first-order valence-corrected chi connectivity index (χ1v) is 6.71. The first-order valence-electron chi connectivity index (χ1n) is 6.71. The third-order valence-corrected chi connectivity index (χ3v) is 3.70. The Kier molecular flexibility index (Phi) is 4.23. The van der Waals surface area contributed by atoms with Crippen LogP contribution in [0.3, 0.4) is 0 Å². The molecule has 1 heterocycles. The maximum atomic E-state index is 14.1. The van der Waals surface area contributed by atoms with Crippen molar-refractivity contribution >= 4 is 0 Å². The second-order valence-corrected chi connectivity index (χ2v) is 5.32. The molecule has 0 aliphatic carbocycles. The summed E-state index contributed by atoms with van der Waals surface area (Å²) in [6.07, 6.45) is 2.24. The standard InChI is InChI=1S/C15H22FNO/c1-10(2)12-7-13(11-5-4-6-17-9-11)15(18-3)14(16)8-12/h7-8,10-11,17H,4-6,9H2,1-3H3. The van der Waals surface area contributed by atoms with Crippen molar-refractivity contribution in [1.82, 2.24) is 5.32 Å². The molecule has 3 heteroatoms. The van der Waals surface area contributed by atoms with Gasteiger partial charge < -0.3 is 10.1 Å². The summed E-state index contributed by atoms with van der Waals surface area (Å²) >= 11 is 0. The molecule has 1 aliphatic heterocycles. The number of rotatable bonds is 3. The molecule has 1 saturated heterocycles. The van der Waals surface area contributed by atoms with Gasteiger partial charge in [0.2, 0.25) is 0 Å². The molecule has 1 aromatic rings. The van der Waals surface area contributed by atoms with Gasteiger partial charge in [-0.25, -0.2) is 4.39 Å². The Morgan fingerprint density at radius 1 is 1.39 bits per heavy atom. The van der Waals surface area contributed by atoms with Crippen LogP contribution >= 0.6 is 0 Å². The Labute approximate surface area is 109 Å². The molecule has 18 heavy (non-hydrogen) atoms. The molecule has 100 valence electrons. The van der Waals surface area contributed by atoms with E-state index >= 15 is 0 Å². The molecule has 0 aromatic heterocycles.